The molecule has 1 atom stereocenters. The van der Waals surface area contributed by atoms with E-state index in [9.17, 15) is 14.4 Å². The fourth-order valence-corrected chi connectivity index (χ4v) is 3.46. The van der Waals surface area contributed by atoms with Crippen molar-refractivity contribution in [1.29, 1.82) is 0 Å². The summed E-state index contributed by atoms with van der Waals surface area (Å²) < 4.78 is 2.06. The molecule has 4 rings (SSSR count). The Morgan fingerprint density at radius 3 is 2.30 bits per heavy atom. The van der Waals surface area contributed by atoms with Crippen LogP contribution in [0.1, 0.15) is 27.6 Å². The molecule has 6 heteroatoms. The number of nitrogens with one attached hydrogen (secondary N) is 1. The van der Waals surface area contributed by atoms with E-state index in [1.807, 2.05) is 36.5 Å². The highest BCUT2D eigenvalue weighted by atomic mass is 16.2. The van der Waals surface area contributed by atoms with E-state index in [1.54, 1.807) is 31.2 Å². The van der Waals surface area contributed by atoms with Gasteiger partial charge in [-0.05, 0) is 36.6 Å². The van der Waals surface area contributed by atoms with Gasteiger partial charge in [0.25, 0.3) is 11.8 Å². The molecule has 2 aromatic carbocycles. The quantitative estimate of drug-likeness (QED) is 0.710. The normalized spacial score (nSPS) is 14.5. The van der Waals surface area contributed by atoms with E-state index < -0.39 is 17.9 Å². The number of para-hydroxylation sites is 1. The largest absolute Gasteiger partial charge is 0.353 e. The Hall–Kier alpha value is -3.41. The average Bonchev–Trinajstić information content (AvgIpc) is 3.21. The number of hydrogen-bond donors (Lipinski definition) is 1. The summed E-state index contributed by atoms with van der Waals surface area (Å²) in [5, 5.41) is 3.97. The summed E-state index contributed by atoms with van der Waals surface area (Å²) in [7, 11) is 0. The van der Waals surface area contributed by atoms with Crippen molar-refractivity contribution in [3.63, 3.8) is 0 Å². The second kappa shape index (κ2) is 6.72. The van der Waals surface area contributed by atoms with Gasteiger partial charge in [0.1, 0.15) is 6.04 Å². The van der Waals surface area contributed by atoms with Gasteiger partial charge in [-0.3, -0.25) is 19.3 Å². The number of amides is 3. The SMILES string of the molecule is CC(C(=O)NCCn1ccc2ccccc21)N1C(=O)c2ccccc2C1=O. The fourth-order valence-electron chi connectivity index (χ4n) is 3.46. The maximum absolute atomic E-state index is 12.5. The van der Waals surface area contributed by atoms with Crippen molar-refractivity contribution in [3.8, 4) is 0 Å². The standard InChI is InChI=1S/C21H19N3O3/c1-14(24-20(26)16-7-3-4-8-17(16)21(24)27)19(25)22-11-13-23-12-10-15-6-2-5-9-18(15)23/h2-10,12,14H,11,13H2,1H3,(H,22,25). The third-order valence-electron chi connectivity index (χ3n) is 4.92. The minimum atomic E-state index is -0.862. The van der Waals surface area contributed by atoms with Crippen LogP contribution in [0.5, 0.6) is 0 Å². The van der Waals surface area contributed by atoms with Crippen LogP contribution in [-0.2, 0) is 11.3 Å². The molecule has 0 radical (unpaired) electrons. The highest BCUT2D eigenvalue weighted by Gasteiger charge is 2.40. The molecule has 1 N–H and O–H groups in total. The van der Waals surface area contributed by atoms with E-state index in [1.165, 1.54) is 0 Å². The van der Waals surface area contributed by atoms with E-state index in [4.69, 9.17) is 0 Å². The van der Waals surface area contributed by atoms with Gasteiger partial charge in [-0.25, -0.2) is 0 Å². The van der Waals surface area contributed by atoms with Crippen molar-refractivity contribution in [2.75, 3.05) is 6.54 Å². The Balaban J connectivity index is 1.40. The summed E-state index contributed by atoms with van der Waals surface area (Å²) in [6.45, 7) is 2.58. The van der Waals surface area contributed by atoms with Gasteiger partial charge in [0, 0.05) is 24.8 Å². The monoisotopic (exact) mass is 361 g/mol. The Bertz CT molecular complexity index is 1020. The molecule has 6 nitrogen and oxygen atoms in total. The van der Waals surface area contributed by atoms with Gasteiger partial charge in [0.15, 0.2) is 0 Å². The average molecular weight is 361 g/mol. The minimum Gasteiger partial charge on any atom is -0.353 e. The van der Waals surface area contributed by atoms with Gasteiger partial charge in [-0.15, -0.1) is 0 Å². The lowest BCUT2D eigenvalue weighted by Gasteiger charge is -2.21. The first-order valence-electron chi connectivity index (χ1n) is 8.86. The van der Waals surface area contributed by atoms with Crippen LogP contribution in [0.4, 0.5) is 0 Å². The lowest BCUT2D eigenvalue weighted by molar-refractivity contribution is -0.124. The van der Waals surface area contributed by atoms with Crippen LogP contribution in [0.2, 0.25) is 0 Å². The molecule has 136 valence electrons. The number of benzene rings is 2. The number of carbonyl (C=O) groups is 3. The summed E-state index contributed by atoms with van der Waals surface area (Å²) in [6.07, 6.45) is 1.98. The number of hydrogen-bond acceptors (Lipinski definition) is 3. The predicted molar refractivity (Wildman–Crippen MR) is 101 cm³/mol. The molecule has 1 aliphatic heterocycles. The summed E-state index contributed by atoms with van der Waals surface area (Å²) in [6, 6.07) is 15.8. The van der Waals surface area contributed by atoms with Gasteiger partial charge in [-0.1, -0.05) is 30.3 Å². The Morgan fingerprint density at radius 2 is 1.59 bits per heavy atom. The Kier molecular flexibility index (Phi) is 4.24. The van der Waals surface area contributed by atoms with Crippen LogP contribution in [0, 0.1) is 0 Å². The smallest absolute Gasteiger partial charge is 0.262 e. The lowest BCUT2D eigenvalue weighted by Crippen LogP contribution is -2.48. The molecule has 1 aliphatic rings. The number of nitrogens with zero attached hydrogens (tertiary/aromatic N) is 2. The molecular formula is C21H19N3O3. The molecule has 3 aromatic rings. The molecule has 0 saturated carbocycles. The first-order valence-corrected chi connectivity index (χ1v) is 8.86. The molecule has 0 bridgehead atoms. The first kappa shape index (κ1) is 17.0. The number of carbonyl (C=O) groups excluding carboxylic acids is 3. The molecule has 3 amide bonds. The summed E-state index contributed by atoms with van der Waals surface area (Å²) in [5.74, 6) is -1.19. The van der Waals surface area contributed by atoms with Crippen LogP contribution in [0.3, 0.4) is 0 Å². The number of imide groups is 1. The van der Waals surface area contributed by atoms with E-state index in [2.05, 4.69) is 9.88 Å². The van der Waals surface area contributed by atoms with E-state index >= 15 is 0 Å². The lowest BCUT2D eigenvalue weighted by atomic mass is 10.1. The zero-order chi connectivity index (χ0) is 19.0. The van der Waals surface area contributed by atoms with Gasteiger partial charge in [0.2, 0.25) is 5.91 Å². The van der Waals surface area contributed by atoms with Crippen molar-refractivity contribution in [2.45, 2.75) is 19.5 Å². The molecule has 0 fully saturated rings. The van der Waals surface area contributed by atoms with Crippen LogP contribution >= 0.6 is 0 Å². The van der Waals surface area contributed by atoms with Crippen molar-refractivity contribution in [1.82, 2.24) is 14.8 Å². The molecule has 0 aliphatic carbocycles. The predicted octanol–water partition coefficient (Wildman–Crippen LogP) is 2.44. The van der Waals surface area contributed by atoms with Crippen LogP contribution in [0.25, 0.3) is 10.9 Å². The van der Waals surface area contributed by atoms with Crippen LogP contribution in [0.15, 0.2) is 60.8 Å². The third-order valence-corrected chi connectivity index (χ3v) is 4.92. The van der Waals surface area contributed by atoms with Crippen LogP contribution in [-0.4, -0.2) is 39.8 Å². The van der Waals surface area contributed by atoms with E-state index in [-0.39, 0.29) is 5.91 Å². The first-order chi connectivity index (χ1) is 13.1. The van der Waals surface area contributed by atoms with Crippen molar-refractivity contribution in [3.05, 3.63) is 71.9 Å². The summed E-state index contributed by atoms with van der Waals surface area (Å²) in [5.41, 5.74) is 1.79. The maximum atomic E-state index is 12.5. The topological polar surface area (TPSA) is 71.4 Å². The zero-order valence-corrected chi connectivity index (χ0v) is 14.9. The van der Waals surface area contributed by atoms with Gasteiger partial charge in [0.05, 0.1) is 11.1 Å². The minimum absolute atomic E-state index is 0.346. The summed E-state index contributed by atoms with van der Waals surface area (Å²) in [4.78, 5) is 38.5. The van der Waals surface area contributed by atoms with Gasteiger partial charge in [-0.2, -0.15) is 0 Å². The van der Waals surface area contributed by atoms with Crippen molar-refractivity contribution in [2.24, 2.45) is 0 Å². The highest BCUT2D eigenvalue weighted by molar-refractivity contribution is 6.22. The second-order valence-electron chi connectivity index (χ2n) is 6.56. The number of rotatable bonds is 5. The number of fused-ring (bicyclic) bond motifs is 2. The molecule has 0 spiro atoms. The van der Waals surface area contributed by atoms with E-state index in [0.717, 1.165) is 15.8 Å². The van der Waals surface area contributed by atoms with Gasteiger partial charge < -0.3 is 9.88 Å². The number of aromatic nitrogens is 1. The maximum Gasteiger partial charge on any atom is 0.262 e. The van der Waals surface area contributed by atoms with Gasteiger partial charge >= 0.3 is 0 Å². The Morgan fingerprint density at radius 1 is 0.963 bits per heavy atom. The Labute approximate surface area is 156 Å². The summed E-state index contributed by atoms with van der Waals surface area (Å²) >= 11 is 0. The second-order valence-corrected chi connectivity index (χ2v) is 6.56. The zero-order valence-electron chi connectivity index (χ0n) is 14.9. The molecule has 0 saturated heterocycles. The van der Waals surface area contributed by atoms with Crippen molar-refractivity contribution >= 4 is 28.6 Å². The molecule has 1 unspecified atom stereocenters. The highest BCUT2D eigenvalue weighted by Crippen LogP contribution is 2.24. The molecule has 1 aromatic heterocycles. The molecular weight excluding hydrogens is 342 g/mol. The molecule has 27 heavy (non-hydrogen) atoms. The van der Waals surface area contributed by atoms with Crippen molar-refractivity contribution < 1.29 is 14.4 Å². The third kappa shape index (κ3) is 2.89. The van der Waals surface area contributed by atoms with Crippen LogP contribution < -0.4 is 5.32 Å². The van der Waals surface area contributed by atoms with E-state index in [0.29, 0.717) is 24.2 Å². The fraction of sp³-hybridized carbons (Fsp3) is 0.190. The molecule has 2 heterocycles.